The van der Waals surface area contributed by atoms with Gasteiger partial charge in [0.2, 0.25) is 5.91 Å². The van der Waals surface area contributed by atoms with Crippen molar-refractivity contribution in [1.29, 1.82) is 5.26 Å². The van der Waals surface area contributed by atoms with Crippen LogP contribution in [-0.4, -0.2) is 11.9 Å². The van der Waals surface area contributed by atoms with Gasteiger partial charge in [0.15, 0.2) is 0 Å². The third-order valence-electron chi connectivity index (χ3n) is 2.91. The van der Waals surface area contributed by atoms with E-state index < -0.39 is 6.04 Å². The van der Waals surface area contributed by atoms with Crippen molar-refractivity contribution in [3.63, 3.8) is 0 Å². The Morgan fingerprint density at radius 1 is 1.24 bits per heavy atom. The smallest absolute Gasteiger partial charge is 0.246 e. The van der Waals surface area contributed by atoms with Crippen LogP contribution in [0.1, 0.15) is 12.5 Å². The zero-order valence-corrected chi connectivity index (χ0v) is 13.6. The molecule has 0 radical (unpaired) electrons. The maximum Gasteiger partial charge on any atom is 0.246 e. The quantitative estimate of drug-likeness (QED) is 0.783. The van der Waals surface area contributed by atoms with Gasteiger partial charge in [0.1, 0.15) is 12.1 Å². The zero-order chi connectivity index (χ0) is 15.2. The van der Waals surface area contributed by atoms with Gasteiger partial charge >= 0.3 is 0 Å². The molecule has 0 spiro atoms. The van der Waals surface area contributed by atoms with Crippen molar-refractivity contribution >= 4 is 39.9 Å². The summed E-state index contributed by atoms with van der Waals surface area (Å²) in [6.07, 6.45) is 0. The van der Waals surface area contributed by atoms with Gasteiger partial charge in [-0.1, -0.05) is 18.2 Å². The molecule has 0 heterocycles. The number of carbonyl (C=O) groups excluding carboxylic acids is 1. The van der Waals surface area contributed by atoms with Crippen LogP contribution < -0.4 is 10.6 Å². The molecule has 2 aromatic rings. The molecule has 1 atom stereocenters. The predicted octanol–water partition coefficient (Wildman–Crippen LogP) is 3.60. The van der Waals surface area contributed by atoms with E-state index in [9.17, 15) is 4.79 Å². The Kier molecular flexibility index (Phi) is 5.17. The van der Waals surface area contributed by atoms with E-state index >= 15 is 0 Å². The molecule has 0 unspecified atom stereocenters. The first-order valence-electron chi connectivity index (χ1n) is 6.42. The van der Waals surface area contributed by atoms with Gasteiger partial charge in [0.25, 0.3) is 0 Å². The van der Waals surface area contributed by atoms with E-state index in [1.54, 1.807) is 31.2 Å². The third kappa shape index (κ3) is 4.20. The van der Waals surface area contributed by atoms with Gasteiger partial charge in [-0.3, -0.25) is 4.79 Å². The Labute approximate surface area is 137 Å². The van der Waals surface area contributed by atoms with Crippen molar-refractivity contribution in [3.05, 3.63) is 57.7 Å². The molecule has 0 aliphatic rings. The average molecular weight is 391 g/mol. The number of nitriles is 1. The summed E-state index contributed by atoms with van der Waals surface area (Å²) in [5.74, 6) is -0.184. The van der Waals surface area contributed by atoms with Crippen molar-refractivity contribution in [2.75, 3.05) is 10.6 Å². The van der Waals surface area contributed by atoms with Gasteiger partial charge in [0.05, 0.1) is 11.3 Å². The maximum absolute atomic E-state index is 12.2. The van der Waals surface area contributed by atoms with Gasteiger partial charge in [-0.2, -0.15) is 5.26 Å². The highest BCUT2D eigenvalue weighted by Gasteiger charge is 2.14. The number of halogens is 1. The van der Waals surface area contributed by atoms with Gasteiger partial charge in [-0.25, -0.2) is 0 Å². The molecule has 0 saturated heterocycles. The third-order valence-corrected chi connectivity index (χ3v) is 3.58. The maximum atomic E-state index is 12.2. The van der Waals surface area contributed by atoms with E-state index in [-0.39, 0.29) is 5.91 Å². The highest BCUT2D eigenvalue weighted by atomic mass is 127. The molecule has 2 aromatic carbocycles. The van der Waals surface area contributed by atoms with Crippen molar-refractivity contribution in [1.82, 2.24) is 0 Å². The zero-order valence-electron chi connectivity index (χ0n) is 11.4. The van der Waals surface area contributed by atoms with Crippen LogP contribution in [-0.2, 0) is 4.79 Å². The molecule has 106 valence electrons. The number of amides is 1. The van der Waals surface area contributed by atoms with Crippen LogP contribution in [0.2, 0.25) is 0 Å². The summed E-state index contributed by atoms with van der Waals surface area (Å²) in [7, 11) is 0. The number of nitrogens with one attached hydrogen (secondary N) is 2. The van der Waals surface area contributed by atoms with Crippen LogP contribution in [0, 0.1) is 14.9 Å². The average Bonchev–Trinajstić information content (AvgIpc) is 2.47. The Morgan fingerprint density at radius 3 is 2.71 bits per heavy atom. The number of hydrogen-bond acceptors (Lipinski definition) is 3. The second kappa shape index (κ2) is 7.09. The molecule has 5 heteroatoms. The first kappa shape index (κ1) is 15.3. The molecule has 1 amide bonds. The Hall–Kier alpha value is -2.07. The standard InChI is InChI=1S/C16H14IN3O/c1-11(19-14-7-4-6-13(17)9-14)16(21)20-15-8-3-2-5-12(15)10-18/h2-9,11,19H,1H3,(H,20,21)/t11-/m0/s1. The Balaban J connectivity index is 2.05. The van der Waals surface area contributed by atoms with Crippen LogP contribution in [0.5, 0.6) is 0 Å². The topological polar surface area (TPSA) is 64.9 Å². The number of rotatable bonds is 4. The summed E-state index contributed by atoms with van der Waals surface area (Å²) in [4.78, 5) is 12.2. The van der Waals surface area contributed by atoms with Gasteiger partial charge in [0, 0.05) is 9.26 Å². The number of hydrogen-bond donors (Lipinski definition) is 2. The summed E-state index contributed by atoms with van der Waals surface area (Å²) < 4.78 is 1.10. The van der Waals surface area contributed by atoms with Gasteiger partial charge in [-0.15, -0.1) is 0 Å². The largest absolute Gasteiger partial charge is 0.374 e. The predicted molar refractivity (Wildman–Crippen MR) is 92.0 cm³/mol. The number of benzene rings is 2. The SMILES string of the molecule is C[C@H](Nc1cccc(I)c1)C(=O)Nc1ccccc1C#N. The number of anilines is 2. The van der Waals surface area contributed by atoms with E-state index in [1.807, 2.05) is 24.3 Å². The van der Waals surface area contributed by atoms with E-state index in [0.29, 0.717) is 11.3 Å². The Morgan fingerprint density at radius 2 is 2.00 bits per heavy atom. The normalized spacial score (nSPS) is 11.3. The van der Waals surface area contributed by atoms with Crippen molar-refractivity contribution in [2.24, 2.45) is 0 Å². The Bertz CT molecular complexity index is 694. The second-order valence-corrected chi connectivity index (χ2v) is 5.77. The van der Waals surface area contributed by atoms with Crippen molar-refractivity contribution in [3.8, 4) is 6.07 Å². The van der Waals surface area contributed by atoms with E-state index in [4.69, 9.17) is 5.26 Å². The monoisotopic (exact) mass is 391 g/mol. The van der Waals surface area contributed by atoms with Crippen molar-refractivity contribution in [2.45, 2.75) is 13.0 Å². The summed E-state index contributed by atoms with van der Waals surface area (Å²) in [6.45, 7) is 1.78. The lowest BCUT2D eigenvalue weighted by Gasteiger charge is -2.16. The number of nitrogens with zero attached hydrogens (tertiary/aromatic N) is 1. The van der Waals surface area contributed by atoms with Crippen molar-refractivity contribution < 1.29 is 4.79 Å². The fourth-order valence-corrected chi connectivity index (χ4v) is 2.37. The molecule has 0 saturated carbocycles. The van der Waals surface area contributed by atoms with Crippen LogP contribution in [0.4, 0.5) is 11.4 Å². The number of para-hydroxylation sites is 1. The summed E-state index contributed by atoms with van der Waals surface area (Å²) >= 11 is 2.22. The lowest BCUT2D eigenvalue weighted by atomic mass is 10.2. The molecule has 2 rings (SSSR count). The fourth-order valence-electron chi connectivity index (χ4n) is 1.82. The summed E-state index contributed by atoms with van der Waals surface area (Å²) in [5, 5.41) is 14.9. The first-order valence-corrected chi connectivity index (χ1v) is 7.50. The van der Waals surface area contributed by atoms with E-state index in [1.165, 1.54) is 0 Å². The molecule has 2 N–H and O–H groups in total. The molecular formula is C16H14IN3O. The minimum Gasteiger partial charge on any atom is -0.374 e. The van der Waals surface area contributed by atoms with Gasteiger partial charge in [-0.05, 0) is 59.8 Å². The minimum atomic E-state index is -0.407. The lowest BCUT2D eigenvalue weighted by Crippen LogP contribution is -2.32. The fraction of sp³-hybridized carbons (Fsp3) is 0.125. The molecule has 0 aliphatic carbocycles. The van der Waals surface area contributed by atoms with Crippen LogP contribution >= 0.6 is 22.6 Å². The first-order chi connectivity index (χ1) is 10.1. The molecule has 0 aliphatic heterocycles. The molecular weight excluding hydrogens is 377 g/mol. The van der Waals surface area contributed by atoms with Crippen LogP contribution in [0.3, 0.4) is 0 Å². The summed E-state index contributed by atoms with van der Waals surface area (Å²) in [6, 6.07) is 16.4. The molecule has 0 bridgehead atoms. The second-order valence-electron chi connectivity index (χ2n) is 4.52. The van der Waals surface area contributed by atoms with Gasteiger partial charge < -0.3 is 10.6 Å². The highest BCUT2D eigenvalue weighted by Crippen LogP contribution is 2.16. The summed E-state index contributed by atoms with van der Waals surface area (Å²) in [5.41, 5.74) is 1.87. The lowest BCUT2D eigenvalue weighted by molar-refractivity contribution is -0.116. The molecule has 4 nitrogen and oxygen atoms in total. The molecule has 21 heavy (non-hydrogen) atoms. The minimum absolute atomic E-state index is 0.184. The van der Waals surface area contributed by atoms with E-state index in [2.05, 4.69) is 39.3 Å². The molecule has 0 fully saturated rings. The highest BCUT2D eigenvalue weighted by molar-refractivity contribution is 14.1. The van der Waals surface area contributed by atoms with E-state index in [0.717, 1.165) is 9.26 Å². The number of carbonyl (C=O) groups is 1. The van der Waals surface area contributed by atoms with Crippen LogP contribution in [0.25, 0.3) is 0 Å². The van der Waals surface area contributed by atoms with Crippen LogP contribution in [0.15, 0.2) is 48.5 Å². The molecule has 0 aromatic heterocycles.